The van der Waals surface area contributed by atoms with Crippen LogP contribution in [-0.2, 0) is 6.54 Å². The molecule has 0 atom stereocenters. The Labute approximate surface area is 131 Å². The molecule has 2 rings (SSSR count). The van der Waals surface area contributed by atoms with Crippen molar-refractivity contribution in [3.05, 3.63) is 43.4 Å². The molecule has 3 N–H and O–H groups in total. The highest BCUT2D eigenvalue weighted by Gasteiger charge is 2.11. The van der Waals surface area contributed by atoms with E-state index < -0.39 is 5.97 Å². The van der Waals surface area contributed by atoms with Gasteiger partial charge in [-0.3, -0.25) is 4.79 Å². The molecule has 104 valence electrons. The van der Waals surface area contributed by atoms with Crippen LogP contribution in [0.4, 0.5) is 0 Å². The van der Waals surface area contributed by atoms with Crippen LogP contribution in [0.2, 0.25) is 0 Å². The fourth-order valence-corrected chi connectivity index (χ4v) is 2.45. The molecular weight excluding hydrogens is 395 g/mol. The Morgan fingerprint density at radius 3 is 2.75 bits per heavy atom. The van der Waals surface area contributed by atoms with Gasteiger partial charge in [0.1, 0.15) is 10.8 Å². The molecule has 2 aromatic rings. The number of amides is 1. The van der Waals surface area contributed by atoms with Crippen LogP contribution in [0.5, 0.6) is 5.75 Å². The molecule has 0 aliphatic heterocycles. The van der Waals surface area contributed by atoms with Gasteiger partial charge < -0.3 is 15.5 Å². The number of carboxylic acid groups (broad SMARTS) is 1. The van der Waals surface area contributed by atoms with Crippen LogP contribution in [-0.4, -0.2) is 27.1 Å². The molecule has 6 nitrogen and oxygen atoms in total. The number of carboxylic acids is 1. The second kappa shape index (κ2) is 6.18. The van der Waals surface area contributed by atoms with Crippen molar-refractivity contribution in [1.29, 1.82) is 0 Å². The quantitative estimate of drug-likeness (QED) is 0.678. The van der Waals surface area contributed by atoms with Crippen LogP contribution in [0.25, 0.3) is 0 Å². The van der Waals surface area contributed by atoms with Gasteiger partial charge in [0.05, 0.1) is 10.1 Å². The first kappa shape index (κ1) is 14.7. The Hall–Kier alpha value is -1.68. The zero-order chi connectivity index (χ0) is 14.7. The highest BCUT2D eigenvalue weighted by atomic mass is 127. The normalized spacial score (nSPS) is 10.2. The summed E-state index contributed by atoms with van der Waals surface area (Å²) in [5, 5.41) is 22.8. The maximum atomic E-state index is 11.9. The minimum absolute atomic E-state index is 0.0360. The van der Waals surface area contributed by atoms with E-state index in [0.717, 1.165) is 11.3 Å². The van der Waals surface area contributed by atoms with Crippen LogP contribution in [0, 0.1) is 3.57 Å². The molecule has 1 aromatic carbocycles. The molecule has 1 amide bonds. The first-order valence-electron chi connectivity index (χ1n) is 5.42. The van der Waals surface area contributed by atoms with Crippen LogP contribution in [0.15, 0.2) is 23.6 Å². The first-order valence-corrected chi connectivity index (χ1v) is 7.37. The molecule has 0 spiro atoms. The summed E-state index contributed by atoms with van der Waals surface area (Å²) in [5.74, 6) is -1.41. The zero-order valence-electron chi connectivity index (χ0n) is 9.96. The van der Waals surface area contributed by atoms with Gasteiger partial charge in [-0.1, -0.05) is 0 Å². The van der Waals surface area contributed by atoms with Gasteiger partial charge in [-0.2, -0.15) is 0 Å². The molecular formula is C12H9IN2O4S. The van der Waals surface area contributed by atoms with E-state index in [1.165, 1.54) is 11.4 Å². The van der Waals surface area contributed by atoms with E-state index in [-0.39, 0.29) is 23.9 Å². The van der Waals surface area contributed by atoms with Crippen LogP contribution < -0.4 is 5.32 Å². The van der Waals surface area contributed by atoms with Crippen molar-refractivity contribution < 1.29 is 19.8 Å². The fraction of sp³-hybridized carbons (Fsp3) is 0.0833. The largest absolute Gasteiger partial charge is 0.507 e. The predicted octanol–water partition coefficient (Wildman–Crippen LogP) is 2.08. The van der Waals surface area contributed by atoms with Crippen LogP contribution in [0.3, 0.4) is 0 Å². The van der Waals surface area contributed by atoms with Crippen molar-refractivity contribution >= 4 is 45.8 Å². The smallest absolute Gasteiger partial charge is 0.355 e. The number of carbonyl (C=O) groups is 2. The second-order valence-electron chi connectivity index (χ2n) is 3.78. The number of phenols is 1. The minimum Gasteiger partial charge on any atom is -0.507 e. The summed E-state index contributed by atoms with van der Waals surface area (Å²) in [4.78, 5) is 26.4. The maximum Gasteiger partial charge on any atom is 0.355 e. The van der Waals surface area contributed by atoms with Gasteiger partial charge in [-0.25, -0.2) is 9.78 Å². The van der Waals surface area contributed by atoms with E-state index in [1.807, 2.05) is 22.6 Å². The zero-order valence-corrected chi connectivity index (χ0v) is 12.9. The molecule has 0 radical (unpaired) electrons. The van der Waals surface area contributed by atoms with Gasteiger partial charge in [0.2, 0.25) is 0 Å². The highest BCUT2D eigenvalue weighted by molar-refractivity contribution is 14.1. The first-order chi connectivity index (χ1) is 9.47. The van der Waals surface area contributed by atoms with Crippen molar-refractivity contribution in [1.82, 2.24) is 10.3 Å². The van der Waals surface area contributed by atoms with Crippen molar-refractivity contribution in [3.8, 4) is 5.75 Å². The topological polar surface area (TPSA) is 99.5 Å². The number of nitrogens with one attached hydrogen (secondary N) is 1. The van der Waals surface area contributed by atoms with Crippen molar-refractivity contribution in [2.75, 3.05) is 0 Å². The second-order valence-corrected chi connectivity index (χ2v) is 5.89. The Kier molecular flexibility index (Phi) is 4.55. The van der Waals surface area contributed by atoms with E-state index in [9.17, 15) is 14.7 Å². The number of halogens is 1. The average Bonchev–Trinajstić information content (AvgIpc) is 2.88. The third kappa shape index (κ3) is 3.45. The molecule has 1 aromatic heterocycles. The van der Waals surface area contributed by atoms with Gasteiger partial charge in [0.15, 0.2) is 5.69 Å². The lowest BCUT2D eigenvalue weighted by atomic mass is 10.2. The summed E-state index contributed by atoms with van der Waals surface area (Å²) in [6, 6.07) is 4.61. The van der Waals surface area contributed by atoms with E-state index in [4.69, 9.17) is 5.11 Å². The number of aromatic carboxylic acids is 1. The molecule has 1 heterocycles. The highest BCUT2D eigenvalue weighted by Crippen LogP contribution is 2.20. The number of thiazole rings is 1. The summed E-state index contributed by atoms with van der Waals surface area (Å²) in [6.45, 7) is 0.142. The number of hydrogen-bond acceptors (Lipinski definition) is 5. The molecule has 20 heavy (non-hydrogen) atoms. The average molecular weight is 404 g/mol. The fourth-order valence-electron chi connectivity index (χ4n) is 1.40. The number of aromatic nitrogens is 1. The van der Waals surface area contributed by atoms with Gasteiger partial charge in [0, 0.05) is 10.9 Å². The number of phenolic OH excluding ortho intramolecular Hbond substituents is 1. The lowest BCUT2D eigenvalue weighted by Crippen LogP contribution is -2.22. The lowest BCUT2D eigenvalue weighted by molar-refractivity contribution is 0.0691. The molecule has 0 aliphatic rings. The lowest BCUT2D eigenvalue weighted by Gasteiger charge is -2.04. The minimum atomic E-state index is -1.10. The van der Waals surface area contributed by atoms with E-state index in [0.29, 0.717) is 14.1 Å². The molecule has 0 fully saturated rings. The monoisotopic (exact) mass is 404 g/mol. The number of aromatic hydroxyl groups is 1. The van der Waals surface area contributed by atoms with Gasteiger partial charge >= 0.3 is 5.97 Å². The third-order valence-corrected chi connectivity index (χ3v) is 4.14. The third-order valence-electron chi connectivity index (χ3n) is 2.38. The Morgan fingerprint density at radius 2 is 2.15 bits per heavy atom. The number of carbonyl (C=O) groups excluding carboxylic acids is 1. The molecule has 0 saturated carbocycles. The Morgan fingerprint density at radius 1 is 1.40 bits per heavy atom. The van der Waals surface area contributed by atoms with Crippen molar-refractivity contribution in [2.45, 2.75) is 6.54 Å². The summed E-state index contributed by atoms with van der Waals surface area (Å²) >= 11 is 3.12. The molecule has 0 saturated heterocycles. The predicted molar refractivity (Wildman–Crippen MR) is 81.1 cm³/mol. The van der Waals surface area contributed by atoms with Crippen molar-refractivity contribution in [2.24, 2.45) is 0 Å². The van der Waals surface area contributed by atoms with Crippen molar-refractivity contribution in [3.63, 3.8) is 0 Å². The van der Waals surface area contributed by atoms with E-state index in [1.54, 1.807) is 12.1 Å². The van der Waals surface area contributed by atoms with Crippen LogP contribution in [0.1, 0.15) is 25.9 Å². The van der Waals surface area contributed by atoms with E-state index >= 15 is 0 Å². The summed E-state index contributed by atoms with van der Waals surface area (Å²) < 4.78 is 0.658. The number of benzene rings is 1. The molecule has 0 unspecified atom stereocenters. The molecule has 0 bridgehead atoms. The molecule has 8 heteroatoms. The van der Waals surface area contributed by atoms with Gasteiger partial charge in [0.25, 0.3) is 5.91 Å². The summed E-state index contributed by atoms with van der Waals surface area (Å²) in [6.07, 6.45) is 0. The van der Waals surface area contributed by atoms with E-state index in [2.05, 4.69) is 10.3 Å². The maximum absolute atomic E-state index is 11.9. The number of hydrogen-bond donors (Lipinski definition) is 3. The van der Waals surface area contributed by atoms with Gasteiger partial charge in [-0.05, 0) is 40.8 Å². The summed E-state index contributed by atoms with van der Waals surface area (Å²) in [5.41, 5.74) is 0.295. The molecule has 0 aliphatic carbocycles. The standard InChI is InChI=1S/C12H9IN2O4S/c13-7-2-1-6(3-9(7)16)11(17)14-4-10-15-8(5-20-10)12(18)19/h1-3,5,16H,4H2,(H,14,17)(H,18,19). The number of rotatable bonds is 4. The Balaban J connectivity index is 2.00. The SMILES string of the molecule is O=C(NCc1nc(C(=O)O)cs1)c1ccc(I)c(O)c1. The van der Waals surface area contributed by atoms with Crippen LogP contribution >= 0.6 is 33.9 Å². The summed E-state index contributed by atoms with van der Waals surface area (Å²) in [7, 11) is 0. The Bertz CT molecular complexity index is 671. The van der Waals surface area contributed by atoms with Gasteiger partial charge in [-0.15, -0.1) is 11.3 Å². The number of nitrogens with zero attached hydrogens (tertiary/aromatic N) is 1.